The van der Waals surface area contributed by atoms with Crippen LogP contribution in [0.5, 0.6) is 5.75 Å². The molecule has 0 bridgehead atoms. The van der Waals surface area contributed by atoms with Crippen LogP contribution in [-0.4, -0.2) is 30.9 Å². The molecule has 0 saturated heterocycles. The second-order valence-corrected chi connectivity index (χ2v) is 7.54. The van der Waals surface area contributed by atoms with E-state index in [0.717, 1.165) is 0 Å². The number of methoxy groups -OCH3 is 1. The summed E-state index contributed by atoms with van der Waals surface area (Å²) >= 11 is 6.25. The molecule has 3 amide bonds. The number of hydrogen-bond donors (Lipinski definition) is 2. The molecule has 4 rings (SSSR count). The number of para-hydroxylation sites is 4. The number of ether oxygens (including phenoxy) is 1. The Hall–Kier alpha value is -3.84. The molecule has 3 aromatic carbocycles. The van der Waals surface area contributed by atoms with Gasteiger partial charge in [0.15, 0.2) is 0 Å². The average molecular weight is 450 g/mol. The van der Waals surface area contributed by atoms with Gasteiger partial charge in [-0.05, 0) is 36.4 Å². The van der Waals surface area contributed by atoms with E-state index in [-0.39, 0.29) is 17.0 Å². The van der Waals surface area contributed by atoms with Crippen LogP contribution in [0, 0.1) is 0 Å². The summed E-state index contributed by atoms with van der Waals surface area (Å²) in [5, 5.41) is 5.80. The van der Waals surface area contributed by atoms with Gasteiger partial charge in [-0.3, -0.25) is 19.3 Å². The number of amides is 3. The molecule has 1 aliphatic heterocycles. The van der Waals surface area contributed by atoms with Crippen LogP contribution in [0.4, 0.5) is 17.1 Å². The van der Waals surface area contributed by atoms with E-state index in [0.29, 0.717) is 22.8 Å². The summed E-state index contributed by atoms with van der Waals surface area (Å²) in [5.74, 6) is -0.874. The Kier molecular flexibility index (Phi) is 6.09. The number of halogens is 1. The van der Waals surface area contributed by atoms with Crippen LogP contribution in [0.3, 0.4) is 0 Å². The fraction of sp³-hybridized carbons (Fsp3) is 0.125. The molecule has 7 nitrogen and oxygen atoms in total. The van der Waals surface area contributed by atoms with Crippen molar-refractivity contribution in [1.82, 2.24) is 0 Å². The van der Waals surface area contributed by atoms with Crippen molar-refractivity contribution >= 4 is 46.4 Å². The van der Waals surface area contributed by atoms with Gasteiger partial charge in [0, 0.05) is 0 Å². The summed E-state index contributed by atoms with van der Waals surface area (Å²) in [7, 11) is 1.50. The van der Waals surface area contributed by atoms with Gasteiger partial charge in [0.25, 0.3) is 5.91 Å². The minimum atomic E-state index is -1.07. The van der Waals surface area contributed by atoms with Crippen LogP contribution in [0.15, 0.2) is 72.8 Å². The van der Waals surface area contributed by atoms with E-state index < -0.39 is 23.8 Å². The predicted octanol–water partition coefficient (Wildman–Crippen LogP) is 4.34. The summed E-state index contributed by atoms with van der Waals surface area (Å²) in [6, 6.07) is 19.4. The van der Waals surface area contributed by atoms with E-state index >= 15 is 0 Å². The Morgan fingerprint density at radius 2 is 1.72 bits per heavy atom. The summed E-state index contributed by atoms with van der Waals surface area (Å²) in [4.78, 5) is 40.6. The van der Waals surface area contributed by atoms with Crippen LogP contribution in [0.2, 0.25) is 5.02 Å². The number of rotatable bonds is 5. The summed E-state index contributed by atoms with van der Waals surface area (Å²) < 4.78 is 5.26. The Morgan fingerprint density at radius 3 is 2.50 bits per heavy atom. The number of carbonyl (C=O) groups is 3. The third kappa shape index (κ3) is 4.15. The predicted molar refractivity (Wildman–Crippen MR) is 123 cm³/mol. The molecule has 0 aromatic heterocycles. The first-order chi connectivity index (χ1) is 15.5. The first-order valence-corrected chi connectivity index (χ1v) is 10.3. The second-order valence-electron chi connectivity index (χ2n) is 7.13. The molecule has 0 radical (unpaired) electrons. The Labute approximate surface area is 189 Å². The maximum atomic E-state index is 13.5. The van der Waals surface area contributed by atoms with Crippen molar-refractivity contribution in [3.05, 3.63) is 83.4 Å². The third-order valence-electron chi connectivity index (χ3n) is 5.12. The molecule has 1 aliphatic rings. The third-order valence-corrected chi connectivity index (χ3v) is 5.45. The molecule has 8 heteroatoms. The fourth-order valence-electron chi connectivity index (χ4n) is 3.61. The average Bonchev–Trinajstić information content (AvgIpc) is 2.80. The van der Waals surface area contributed by atoms with Crippen LogP contribution >= 0.6 is 11.6 Å². The number of nitrogens with one attached hydrogen (secondary N) is 2. The van der Waals surface area contributed by atoms with Crippen LogP contribution in [-0.2, 0) is 9.59 Å². The van der Waals surface area contributed by atoms with Gasteiger partial charge in [-0.25, -0.2) is 0 Å². The lowest BCUT2D eigenvalue weighted by Crippen LogP contribution is -2.52. The van der Waals surface area contributed by atoms with E-state index in [1.165, 1.54) is 12.0 Å². The zero-order chi connectivity index (χ0) is 22.7. The van der Waals surface area contributed by atoms with Crippen molar-refractivity contribution in [3.8, 4) is 5.75 Å². The van der Waals surface area contributed by atoms with Gasteiger partial charge in [-0.1, -0.05) is 48.0 Å². The minimum Gasteiger partial charge on any atom is -0.495 e. The second kappa shape index (κ2) is 9.11. The number of hydrogen-bond acceptors (Lipinski definition) is 4. The van der Waals surface area contributed by atoms with Crippen molar-refractivity contribution in [3.63, 3.8) is 0 Å². The van der Waals surface area contributed by atoms with Crippen molar-refractivity contribution in [2.45, 2.75) is 12.5 Å². The first kappa shape index (κ1) is 21.4. The van der Waals surface area contributed by atoms with Gasteiger partial charge in [-0.2, -0.15) is 0 Å². The molecular formula is C24H20ClN3O4. The van der Waals surface area contributed by atoms with Gasteiger partial charge in [0.05, 0.1) is 41.2 Å². The molecule has 0 saturated carbocycles. The molecule has 32 heavy (non-hydrogen) atoms. The number of fused-ring (bicyclic) bond motifs is 1. The zero-order valence-electron chi connectivity index (χ0n) is 17.2. The van der Waals surface area contributed by atoms with Gasteiger partial charge < -0.3 is 15.4 Å². The maximum Gasteiger partial charge on any atom is 0.260 e. The van der Waals surface area contributed by atoms with Gasteiger partial charge >= 0.3 is 0 Å². The Morgan fingerprint density at radius 1 is 1.03 bits per heavy atom. The fourth-order valence-corrected chi connectivity index (χ4v) is 3.83. The zero-order valence-corrected chi connectivity index (χ0v) is 17.9. The first-order valence-electron chi connectivity index (χ1n) is 9.90. The smallest absolute Gasteiger partial charge is 0.260 e. The van der Waals surface area contributed by atoms with E-state index in [1.54, 1.807) is 72.8 Å². The minimum absolute atomic E-state index is 0.244. The summed E-state index contributed by atoms with van der Waals surface area (Å²) in [5.41, 5.74) is 1.70. The number of anilines is 3. The van der Waals surface area contributed by atoms with Crippen molar-refractivity contribution in [2.24, 2.45) is 0 Å². The van der Waals surface area contributed by atoms with E-state index in [4.69, 9.17) is 16.3 Å². The lowest BCUT2D eigenvalue weighted by molar-refractivity contribution is -0.122. The normalized spacial score (nSPS) is 14.9. The highest BCUT2D eigenvalue weighted by Crippen LogP contribution is 2.35. The topological polar surface area (TPSA) is 87.7 Å². The highest BCUT2D eigenvalue weighted by atomic mass is 35.5. The van der Waals surface area contributed by atoms with Crippen molar-refractivity contribution in [2.75, 3.05) is 22.6 Å². The maximum absolute atomic E-state index is 13.5. The molecule has 0 spiro atoms. The van der Waals surface area contributed by atoms with E-state index in [2.05, 4.69) is 10.6 Å². The van der Waals surface area contributed by atoms with Crippen molar-refractivity contribution in [1.29, 1.82) is 0 Å². The summed E-state index contributed by atoms with van der Waals surface area (Å²) in [6.45, 7) is 0. The molecule has 0 fully saturated rings. The monoisotopic (exact) mass is 449 g/mol. The van der Waals surface area contributed by atoms with E-state index in [1.807, 2.05) is 0 Å². The largest absolute Gasteiger partial charge is 0.495 e. The molecule has 0 aliphatic carbocycles. The highest BCUT2D eigenvalue weighted by molar-refractivity contribution is 6.35. The molecule has 3 aromatic rings. The van der Waals surface area contributed by atoms with Gasteiger partial charge in [0.1, 0.15) is 11.8 Å². The molecule has 2 N–H and O–H groups in total. The van der Waals surface area contributed by atoms with Gasteiger partial charge in [-0.15, -0.1) is 0 Å². The lowest BCUT2D eigenvalue weighted by atomic mass is 10.0. The Balaban J connectivity index is 1.67. The molecule has 162 valence electrons. The lowest BCUT2D eigenvalue weighted by Gasteiger charge is -2.36. The number of carbonyl (C=O) groups excluding carboxylic acids is 3. The Bertz CT molecular complexity index is 1200. The number of nitrogens with zero attached hydrogens (tertiary/aromatic N) is 1. The standard InChI is InChI=1S/C24H20ClN3O4/c1-32-21-13-7-5-11-18(21)26-22(29)14-20-23(30)27-17-10-4-6-12-19(17)28(20)24(31)15-8-2-3-9-16(15)25/h2-13,20H,14H2,1H3,(H,26,29)(H,27,30). The van der Waals surface area contributed by atoms with Gasteiger partial charge in [0.2, 0.25) is 11.8 Å². The molecule has 1 unspecified atom stereocenters. The van der Waals surface area contributed by atoms with Crippen LogP contribution in [0.1, 0.15) is 16.8 Å². The molecule has 1 heterocycles. The van der Waals surface area contributed by atoms with Crippen molar-refractivity contribution < 1.29 is 19.1 Å². The summed E-state index contributed by atoms with van der Waals surface area (Å²) in [6.07, 6.45) is -0.256. The van der Waals surface area contributed by atoms with E-state index in [9.17, 15) is 14.4 Å². The number of benzene rings is 3. The van der Waals surface area contributed by atoms with Crippen LogP contribution in [0.25, 0.3) is 0 Å². The van der Waals surface area contributed by atoms with Crippen LogP contribution < -0.4 is 20.3 Å². The molecule has 1 atom stereocenters. The highest BCUT2D eigenvalue weighted by Gasteiger charge is 2.39. The SMILES string of the molecule is COc1ccccc1NC(=O)CC1C(=O)Nc2ccccc2N1C(=O)c1ccccc1Cl. The molecular weight excluding hydrogens is 430 g/mol. The quantitative estimate of drug-likeness (QED) is 0.606.